The summed E-state index contributed by atoms with van der Waals surface area (Å²) < 4.78 is 6.73. The summed E-state index contributed by atoms with van der Waals surface area (Å²) in [4.78, 5) is 15.0. The van der Waals surface area contributed by atoms with Crippen LogP contribution in [0.1, 0.15) is 10.5 Å². The lowest BCUT2D eigenvalue weighted by Gasteiger charge is -1.97. The molecule has 0 bridgehead atoms. The number of nitrogen functional groups attached to an aromatic ring is 1. The lowest BCUT2D eigenvalue weighted by molar-refractivity contribution is 0.0687. The molecule has 0 aliphatic rings. The lowest BCUT2D eigenvalue weighted by atomic mass is 10.2. The summed E-state index contributed by atoms with van der Waals surface area (Å²) in [5.41, 5.74) is 6.67. The first-order chi connectivity index (χ1) is 8.68. The van der Waals surface area contributed by atoms with Crippen LogP contribution in [0.2, 0.25) is 0 Å². The monoisotopic (exact) mass is 244 g/mol. The highest BCUT2D eigenvalue weighted by Gasteiger charge is 2.22. The number of hydrogen-bond acceptors (Lipinski definition) is 5. The van der Waals surface area contributed by atoms with Gasteiger partial charge in [-0.2, -0.15) is 0 Å². The number of imidazole rings is 1. The Morgan fingerprint density at radius 1 is 1.44 bits per heavy atom. The van der Waals surface area contributed by atoms with E-state index < -0.39 is 5.97 Å². The SMILES string of the molecule is Nc1c(C(=O)O)noc1-c1cnc2ccccn12. The van der Waals surface area contributed by atoms with Gasteiger partial charge in [0.15, 0.2) is 0 Å². The number of anilines is 1. The Labute approximate surface area is 100 Å². The summed E-state index contributed by atoms with van der Waals surface area (Å²) in [5.74, 6) is -1.03. The van der Waals surface area contributed by atoms with Crippen LogP contribution in [-0.2, 0) is 0 Å². The number of rotatable bonds is 2. The van der Waals surface area contributed by atoms with Crippen molar-refractivity contribution < 1.29 is 14.4 Å². The van der Waals surface area contributed by atoms with Crippen molar-refractivity contribution in [3.63, 3.8) is 0 Å². The van der Waals surface area contributed by atoms with Crippen molar-refractivity contribution in [2.24, 2.45) is 0 Å². The predicted molar refractivity (Wildman–Crippen MR) is 62.1 cm³/mol. The molecule has 0 fully saturated rings. The quantitative estimate of drug-likeness (QED) is 0.703. The van der Waals surface area contributed by atoms with Gasteiger partial charge in [0, 0.05) is 6.20 Å². The number of carbonyl (C=O) groups is 1. The molecule has 0 radical (unpaired) electrons. The molecule has 0 amide bonds. The van der Waals surface area contributed by atoms with Gasteiger partial charge in [0.05, 0.1) is 6.20 Å². The molecular weight excluding hydrogens is 236 g/mol. The number of aromatic carboxylic acids is 1. The van der Waals surface area contributed by atoms with E-state index in [1.807, 2.05) is 18.2 Å². The predicted octanol–water partition coefficient (Wildman–Crippen LogP) is 1.27. The van der Waals surface area contributed by atoms with Gasteiger partial charge in [0.1, 0.15) is 17.0 Å². The van der Waals surface area contributed by atoms with E-state index in [0.29, 0.717) is 11.3 Å². The van der Waals surface area contributed by atoms with Gasteiger partial charge in [0.25, 0.3) is 0 Å². The van der Waals surface area contributed by atoms with Gasteiger partial charge in [-0.05, 0) is 12.1 Å². The first-order valence-electron chi connectivity index (χ1n) is 5.09. The minimum atomic E-state index is -1.23. The lowest BCUT2D eigenvalue weighted by Crippen LogP contribution is -2.01. The Hall–Kier alpha value is -2.83. The molecular formula is C11H8N4O3. The number of carboxylic acids is 1. The Kier molecular flexibility index (Phi) is 2.06. The van der Waals surface area contributed by atoms with Crippen LogP contribution in [-0.4, -0.2) is 25.6 Å². The van der Waals surface area contributed by atoms with Crippen LogP contribution in [0.4, 0.5) is 5.69 Å². The minimum absolute atomic E-state index is 0.00634. The van der Waals surface area contributed by atoms with Gasteiger partial charge in [-0.1, -0.05) is 11.2 Å². The second kappa shape index (κ2) is 3.59. The molecule has 3 aromatic heterocycles. The molecule has 7 heteroatoms. The third-order valence-corrected chi connectivity index (χ3v) is 2.58. The van der Waals surface area contributed by atoms with Gasteiger partial charge < -0.3 is 15.4 Å². The van der Waals surface area contributed by atoms with E-state index in [9.17, 15) is 4.79 Å². The van der Waals surface area contributed by atoms with E-state index in [-0.39, 0.29) is 17.1 Å². The molecule has 3 aromatic rings. The highest BCUT2D eigenvalue weighted by Crippen LogP contribution is 2.28. The maximum Gasteiger partial charge on any atom is 0.360 e. The van der Waals surface area contributed by atoms with Crippen LogP contribution >= 0.6 is 0 Å². The molecule has 0 atom stereocenters. The van der Waals surface area contributed by atoms with Gasteiger partial charge in [-0.15, -0.1) is 0 Å². The van der Waals surface area contributed by atoms with Gasteiger partial charge in [-0.3, -0.25) is 4.40 Å². The number of hydrogen-bond donors (Lipinski definition) is 2. The third-order valence-electron chi connectivity index (χ3n) is 2.58. The van der Waals surface area contributed by atoms with E-state index in [2.05, 4.69) is 10.1 Å². The first kappa shape index (κ1) is 10.3. The smallest absolute Gasteiger partial charge is 0.360 e. The number of nitrogens with two attached hydrogens (primary N) is 1. The number of pyridine rings is 1. The fourth-order valence-electron chi connectivity index (χ4n) is 1.74. The molecule has 0 saturated heterocycles. The standard InChI is InChI=1S/C11H8N4O3/c12-8-9(11(16)17)14-18-10(8)6-5-13-7-3-1-2-4-15(6)7/h1-5H,12H2,(H,16,17). The molecule has 0 aliphatic carbocycles. The molecule has 3 N–H and O–H groups in total. The van der Waals surface area contributed by atoms with Gasteiger partial charge in [0.2, 0.25) is 11.5 Å². The molecule has 0 aliphatic heterocycles. The van der Waals surface area contributed by atoms with Crippen LogP contribution in [0.5, 0.6) is 0 Å². The van der Waals surface area contributed by atoms with Gasteiger partial charge >= 0.3 is 5.97 Å². The molecule has 0 unspecified atom stereocenters. The normalized spacial score (nSPS) is 10.9. The summed E-state index contributed by atoms with van der Waals surface area (Å²) in [6, 6.07) is 5.48. The molecule has 0 saturated carbocycles. The summed E-state index contributed by atoms with van der Waals surface area (Å²) in [6.07, 6.45) is 3.33. The zero-order chi connectivity index (χ0) is 12.7. The van der Waals surface area contributed by atoms with Crippen LogP contribution in [0, 0.1) is 0 Å². The largest absolute Gasteiger partial charge is 0.476 e. The van der Waals surface area contributed by atoms with Crippen molar-refractivity contribution >= 4 is 17.3 Å². The highest BCUT2D eigenvalue weighted by molar-refractivity contribution is 5.94. The summed E-state index contributed by atoms with van der Waals surface area (Å²) in [7, 11) is 0. The van der Waals surface area contributed by atoms with Crippen LogP contribution in [0.15, 0.2) is 35.1 Å². The molecule has 0 spiro atoms. The number of fused-ring (bicyclic) bond motifs is 1. The van der Waals surface area contributed by atoms with Gasteiger partial charge in [-0.25, -0.2) is 9.78 Å². The Morgan fingerprint density at radius 2 is 2.28 bits per heavy atom. The molecule has 0 aromatic carbocycles. The second-order valence-electron chi connectivity index (χ2n) is 3.65. The first-order valence-corrected chi connectivity index (χ1v) is 5.09. The number of carboxylic acid groups (broad SMARTS) is 1. The van der Waals surface area contributed by atoms with E-state index in [1.165, 1.54) is 0 Å². The third kappa shape index (κ3) is 1.34. The van der Waals surface area contributed by atoms with Crippen molar-refractivity contribution in [3.05, 3.63) is 36.3 Å². The average molecular weight is 244 g/mol. The zero-order valence-corrected chi connectivity index (χ0v) is 9.07. The van der Waals surface area contributed by atoms with Crippen molar-refractivity contribution in [1.82, 2.24) is 14.5 Å². The molecule has 18 heavy (non-hydrogen) atoms. The molecule has 3 rings (SSSR count). The van der Waals surface area contributed by atoms with E-state index in [1.54, 1.807) is 16.8 Å². The summed E-state index contributed by atoms with van der Waals surface area (Å²) in [6.45, 7) is 0. The van der Waals surface area contributed by atoms with Crippen molar-refractivity contribution in [2.45, 2.75) is 0 Å². The van der Waals surface area contributed by atoms with Crippen LogP contribution in [0.3, 0.4) is 0 Å². The summed E-state index contributed by atoms with van der Waals surface area (Å²) in [5, 5.41) is 12.3. The number of aromatic nitrogens is 3. The highest BCUT2D eigenvalue weighted by atomic mass is 16.5. The maximum atomic E-state index is 10.8. The minimum Gasteiger partial charge on any atom is -0.476 e. The Balaban J connectivity index is 2.24. The molecule has 3 heterocycles. The van der Waals surface area contributed by atoms with Crippen molar-refractivity contribution in [1.29, 1.82) is 0 Å². The maximum absolute atomic E-state index is 10.8. The fraction of sp³-hybridized carbons (Fsp3) is 0. The summed E-state index contributed by atoms with van der Waals surface area (Å²) >= 11 is 0. The van der Waals surface area contributed by atoms with E-state index >= 15 is 0 Å². The van der Waals surface area contributed by atoms with E-state index in [4.69, 9.17) is 15.4 Å². The van der Waals surface area contributed by atoms with Crippen LogP contribution in [0.25, 0.3) is 17.1 Å². The fourth-order valence-corrected chi connectivity index (χ4v) is 1.74. The van der Waals surface area contributed by atoms with Crippen LogP contribution < -0.4 is 5.73 Å². The average Bonchev–Trinajstić information content (AvgIpc) is 2.92. The second-order valence-corrected chi connectivity index (χ2v) is 3.65. The van der Waals surface area contributed by atoms with E-state index in [0.717, 1.165) is 0 Å². The van der Waals surface area contributed by atoms with Crippen molar-refractivity contribution in [3.8, 4) is 11.5 Å². The Bertz CT molecular complexity index is 744. The molecule has 7 nitrogen and oxygen atoms in total. The van der Waals surface area contributed by atoms with Crippen molar-refractivity contribution in [2.75, 3.05) is 5.73 Å². The number of nitrogens with zero attached hydrogens (tertiary/aromatic N) is 3. The topological polar surface area (TPSA) is 107 Å². The zero-order valence-electron chi connectivity index (χ0n) is 9.07. The molecule has 90 valence electrons. The Morgan fingerprint density at radius 3 is 3.00 bits per heavy atom.